The molecule has 0 radical (unpaired) electrons. The van der Waals surface area contributed by atoms with Crippen molar-refractivity contribution < 1.29 is 73.8 Å². The number of allylic oxidation sites excluding steroid dienone is 20. The summed E-state index contributed by atoms with van der Waals surface area (Å²) in [6.07, 6.45) is 39.5. The SMILES string of the molecule is CC/C=C/C=C/C=C/C=C/C=C/CCCC(=O)OC(COC(=O)CCCCCCCCC/C=C/C/C=C/C/C=C/C/C=C/C/C=C/CC)CO[C@@H]1O[C@H](CO[C@@H]2O[C@H](CO)[C@H](O)C(O)C2O)[C@H](O)C(O)C1O. The molecule has 0 aliphatic carbocycles. The molecule has 5 unspecified atom stereocenters. The van der Waals surface area contributed by atoms with Crippen molar-refractivity contribution in [2.75, 3.05) is 26.4 Å². The first-order chi connectivity index (χ1) is 35.0. The molecule has 0 spiro atoms. The van der Waals surface area contributed by atoms with Crippen LogP contribution in [0.15, 0.2) is 122 Å². The third-order valence-corrected chi connectivity index (χ3v) is 11.6. The maximum atomic E-state index is 13.0. The Bertz CT molecular complexity index is 1710. The topological polar surface area (TPSA) is 231 Å². The highest BCUT2D eigenvalue weighted by Gasteiger charge is 2.47. The molecule has 0 amide bonds. The smallest absolute Gasteiger partial charge is 0.306 e. The molecule has 0 saturated carbocycles. The predicted octanol–water partition coefficient (Wildman–Crippen LogP) is 7.71. The fourth-order valence-electron chi connectivity index (χ4n) is 7.33. The van der Waals surface area contributed by atoms with Crippen molar-refractivity contribution in [2.45, 2.75) is 197 Å². The lowest BCUT2D eigenvalue weighted by molar-refractivity contribution is -0.332. The third kappa shape index (κ3) is 29.6. The van der Waals surface area contributed by atoms with Gasteiger partial charge >= 0.3 is 11.9 Å². The molecule has 15 nitrogen and oxygen atoms in total. The van der Waals surface area contributed by atoms with Crippen LogP contribution in [0.5, 0.6) is 0 Å². The first-order valence-corrected chi connectivity index (χ1v) is 26.2. The number of ether oxygens (including phenoxy) is 6. The first kappa shape index (κ1) is 64.0. The summed E-state index contributed by atoms with van der Waals surface area (Å²) in [5.41, 5.74) is 0. The molecular weight excluding hydrogens is 925 g/mol. The van der Waals surface area contributed by atoms with Crippen LogP contribution in [0.1, 0.15) is 129 Å². The van der Waals surface area contributed by atoms with Gasteiger partial charge in [0.05, 0.1) is 19.8 Å². The third-order valence-electron chi connectivity index (χ3n) is 11.6. The van der Waals surface area contributed by atoms with E-state index in [2.05, 4.69) is 80.7 Å². The summed E-state index contributed by atoms with van der Waals surface area (Å²) in [5, 5.41) is 72.1. The van der Waals surface area contributed by atoms with E-state index in [1.807, 2.05) is 54.7 Å². The number of aliphatic hydroxyl groups excluding tert-OH is 7. The summed E-state index contributed by atoms with van der Waals surface area (Å²) in [5.74, 6) is -1.04. The lowest BCUT2D eigenvalue weighted by Crippen LogP contribution is -2.61. The summed E-state index contributed by atoms with van der Waals surface area (Å²) >= 11 is 0. The van der Waals surface area contributed by atoms with Crippen LogP contribution in [0.4, 0.5) is 0 Å². The Morgan fingerprint density at radius 2 is 0.917 bits per heavy atom. The van der Waals surface area contributed by atoms with Gasteiger partial charge in [-0.05, 0) is 70.6 Å². The molecule has 2 heterocycles. The van der Waals surface area contributed by atoms with Gasteiger partial charge in [-0.25, -0.2) is 0 Å². The molecule has 2 aliphatic heterocycles. The Morgan fingerprint density at radius 3 is 1.50 bits per heavy atom. The van der Waals surface area contributed by atoms with E-state index in [1.54, 1.807) is 0 Å². The van der Waals surface area contributed by atoms with Gasteiger partial charge in [-0.2, -0.15) is 0 Å². The summed E-state index contributed by atoms with van der Waals surface area (Å²) in [7, 11) is 0. The van der Waals surface area contributed by atoms with Crippen LogP contribution >= 0.6 is 0 Å². The van der Waals surface area contributed by atoms with Crippen molar-refractivity contribution in [3.05, 3.63) is 122 Å². The Hall–Kier alpha value is -4.10. The molecule has 72 heavy (non-hydrogen) atoms. The maximum absolute atomic E-state index is 13.0. The van der Waals surface area contributed by atoms with E-state index in [1.165, 1.54) is 0 Å². The summed E-state index contributed by atoms with van der Waals surface area (Å²) in [4.78, 5) is 25.7. The normalized spacial score (nSPS) is 26.0. The average Bonchev–Trinajstić information content (AvgIpc) is 3.37. The van der Waals surface area contributed by atoms with Gasteiger partial charge in [0.2, 0.25) is 0 Å². The van der Waals surface area contributed by atoms with E-state index in [4.69, 9.17) is 28.4 Å². The average molecular weight is 1010 g/mol. The number of hydrogen-bond acceptors (Lipinski definition) is 15. The van der Waals surface area contributed by atoms with E-state index in [-0.39, 0.29) is 19.4 Å². The minimum absolute atomic E-state index is 0.0582. The number of hydrogen-bond donors (Lipinski definition) is 7. The number of aliphatic hydroxyl groups is 7. The van der Waals surface area contributed by atoms with Gasteiger partial charge in [0.25, 0.3) is 0 Å². The summed E-state index contributed by atoms with van der Waals surface area (Å²) in [6.45, 7) is 2.21. The number of carbonyl (C=O) groups is 2. The van der Waals surface area contributed by atoms with Gasteiger partial charge in [0, 0.05) is 12.8 Å². The number of esters is 2. The van der Waals surface area contributed by atoms with Gasteiger partial charge in [0.1, 0.15) is 55.4 Å². The Balaban J connectivity index is 1.80. The zero-order chi connectivity index (χ0) is 52.4. The Labute approximate surface area is 429 Å². The standard InChI is InChI=1S/C57H88O15/c1-3-5-7-9-11-13-15-17-18-19-20-21-22-23-24-25-26-28-29-31-33-35-37-39-48(59)67-42-45(70-49(60)40-38-36-34-32-30-27-16-14-12-10-8-6-4-2)43-68-56-55(66)53(64)51(62)47(72-56)44-69-57-54(65)52(63)50(61)46(41-58)71-57/h5-8,10-14,16-18,20-21,23-24,27,30,32,34,45-47,50-58,61-66H,3-4,9,15,19,22,25-26,28-29,31,33,35-44H2,1-2H3/b7-5+,8-6+,12-10+,13-11+,16-14+,18-17+,21-20+,24-23+,30-27+,34-32+/t45?,46-,47-,50+,51+,52?,53?,54?,55?,56-,57-/m1/s1. The van der Waals surface area contributed by atoms with E-state index < -0.39 is 99.3 Å². The summed E-state index contributed by atoms with van der Waals surface area (Å²) in [6, 6.07) is 0. The van der Waals surface area contributed by atoms with Crippen molar-refractivity contribution in [1.82, 2.24) is 0 Å². The Morgan fingerprint density at radius 1 is 0.458 bits per heavy atom. The van der Waals surface area contributed by atoms with Crippen molar-refractivity contribution >= 4 is 11.9 Å². The van der Waals surface area contributed by atoms with Gasteiger partial charge in [-0.15, -0.1) is 0 Å². The first-order valence-electron chi connectivity index (χ1n) is 26.2. The number of unbranched alkanes of at least 4 members (excludes halogenated alkanes) is 8. The van der Waals surface area contributed by atoms with Crippen LogP contribution in [0, 0.1) is 0 Å². The van der Waals surface area contributed by atoms with Crippen molar-refractivity contribution in [1.29, 1.82) is 0 Å². The van der Waals surface area contributed by atoms with E-state index in [9.17, 15) is 45.3 Å². The molecule has 0 aromatic heterocycles. The van der Waals surface area contributed by atoms with Crippen molar-refractivity contribution in [3.8, 4) is 0 Å². The second-order valence-corrected chi connectivity index (χ2v) is 17.7. The molecular formula is C57H88O15. The molecule has 7 N–H and O–H groups in total. The van der Waals surface area contributed by atoms with E-state index >= 15 is 0 Å². The van der Waals surface area contributed by atoms with E-state index in [0.29, 0.717) is 19.3 Å². The van der Waals surface area contributed by atoms with Crippen LogP contribution in [-0.4, -0.2) is 142 Å². The predicted molar refractivity (Wildman–Crippen MR) is 279 cm³/mol. The van der Waals surface area contributed by atoms with Crippen LogP contribution in [0.3, 0.4) is 0 Å². The minimum Gasteiger partial charge on any atom is -0.462 e. The fourth-order valence-corrected chi connectivity index (χ4v) is 7.33. The second kappa shape index (κ2) is 42.3. The lowest BCUT2D eigenvalue weighted by atomic mass is 9.98. The molecule has 2 rings (SSSR count). The van der Waals surface area contributed by atoms with Crippen LogP contribution < -0.4 is 0 Å². The highest BCUT2D eigenvalue weighted by molar-refractivity contribution is 5.70. The number of rotatable bonds is 38. The van der Waals surface area contributed by atoms with Gasteiger partial charge in [-0.1, -0.05) is 167 Å². The van der Waals surface area contributed by atoms with Gasteiger partial charge in [0.15, 0.2) is 18.7 Å². The molecule has 15 heteroatoms. The highest BCUT2D eigenvalue weighted by Crippen LogP contribution is 2.26. The fraction of sp³-hybridized carbons (Fsp3) is 0.614. The van der Waals surface area contributed by atoms with Crippen molar-refractivity contribution in [2.24, 2.45) is 0 Å². The Kier molecular flexibility index (Phi) is 37.6. The molecule has 2 fully saturated rings. The van der Waals surface area contributed by atoms with Crippen LogP contribution in [-0.2, 0) is 38.0 Å². The van der Waals surface area contributed by atoms with Crippen LogP contribution in [0.2, 0.25) is 0 Å². The molecule has 0 bridgehead atoms. The minimum atomic E-state index is -1.79. The van der Waals surface area contributed by atoms with E-state index in [0.717, 1.165) is 83.5 Å². The molecule has 2 saturated heterocycles. The van der Waals surface area contributed by atoms with Gasteiger partial charge in [-0.3, -0.25) is 9.59 Å². The summed E-state index contributed by atoms with van der Waals surface area (Å²) < 4.78 is 33.5. The second-order valence-electron chi connectivity index (χ2n) is 17.7. The molecule has 11 atom stereocenters. The highest BCUT2D eigenvalue weighted by atomic mass is 16.7. The van der Waals surface area contributed by atoms with Crippen molar-refractivity contribution in [3.63, 3.8) is 0 Å². The van der Waals surface area contributed by atoms with Gasteiger partial charge < -0.3 is 64.2 Å². The molecule has 406 valence electrons. The largest absolute Gasteiger partial charge is 0.462 e. The molecule has 2 aliphatic rings. The monoisotopic (exact) mass is 1010 g/mol. The maximum Gasteiger partial charge on any atom is 0.306 e. The number of carbonyl (C=O) groups excluding carboxylic acids is 2. The molecule has 0 aromatic rings. The molecule has 0 aromatic carbocycles. The van der Waals surface area contributed by atoms with Crippen LogP contribution in [0.25, 0.3) is 0 Å². The zero-order valence-electron chi connectivity index (χ0n) is 42.9. The quantitative estimate of drug-likeness (QED) is 0.0136. The zero-order valence-corrected chi connectivity index (χ0v) is 42.9. The lowest BCUT2D eigenvalue weighted by Gasteiger charge is -2.42.